The lowest BCUT2D eigenvalue weighted by Gasteiger charge is -2.34. The Labute approximate surface area is 140 Å². The Morgan fingerprint density at radius 1 is 0.955 bits per heavy atom. The van der Waals surface area contributed by atoms with Gasteiger partial charge in [0.1, 0.15) is 0 Å². The van der Waals surface area contributed by atoms with E-state index in [1.54, 1.807) is 11.3 Å². The molecule has 0 N–H and O–H groups in total. The molecule has 2 heterocycles. The molecule has 0 saturated carbocycles. The average Bonchev–Trinajstić information content (AvgIpc) is 2.95. The quantitative estimate of drug-likeness (QED) is 0.857. The van der Waals surface area contributed by atoms with Gasteiger partial charge in [-0.3, -0.25) is 9.80 Å². The van der Waals surface area contributed by atoms with Crippen molar-refractivity contribution in [3.63, 3.8) is 0 Å². The van der Waals surface area contributed by atoms with E-state index in [1.165, 1.54) is 10.4 Å². The monoisotopic (exact) mass is 331 g/mol. The van der Waals surface area contributed by atoms with Crippen molar-refractivity contribution in [1.29, 1.82) is 5.26 Å². The summed E-state index contributed by atoms with van der Waals surface area (Å²) in [7, 11) is 0. The molecule has 1 saturated heterocycles. The fraction of sp³-hybridized carbons (Fsp3) is 0.353. The average molecular weight is 332 g/mol. The van der Waals surface area contributed by atoms with E-state index >= 15 is 0 Å². The highest BCUT2D eigenvalue weighted by molar-refractivity contribution is 7.16. The van der Waals surface area contributed by atoms with Crippen molar-refractivity contribution in [3.05, 3.63) is 56.7 Å². The minimum Gasteiger partial charge on any atom is -0.297 e. The van der Waals surface area contributed by atoms with Gasteiger partial charge in [-0.2, -0.15) is 5.26 Å². The molecule has 3 nitrogen and oxygen atoms in total. The van der Waals surface area contributed by atoms with Gasteiger partial charge in [-0.1, -0.05) is 23.7 Å². The van der Waals surface area contributed by atoms with Crippen LogP contribution in [0.2, 0.25) is 4.34 Å². The van der Waals surface area contributed by atoms with Crippen LogP contribution in [-0.4, -0.2) is 36.0 Å². The molecule has 0 amide bonds. The van der Waals surface area contributed by atoms with Gasteiger partial charge in [0.25, 0.3) is 0 Å². The Bertz CT molecular complexity index is 651. The summed E-state index contributed by atoms with van der Waals surface area (Å²) in [5.74, 6) is 0. The van der Waals surface area contributed by atoms with E-state index in [0.717, 1.165) is 49.2 Å². The van der Waals surface area contributed by atoms with E-state index in [-0.39, 0.29) is 0 Å². The number of nitriles is 1. The molecule has 1 fully saturated rings. The summed E-state index contributed by atoms with van der Waals surface area (Å²) >= 11 is 7.66. The van der Waals surface area contributed by atoms with E-state index < -0.39 is 0 Å². The van der Waals surface area contributed by atoms with Crippen LogP contribution in [0.1, 0.15) is 16.0 Å². The molecule has 0 atom stereocenters. The van der Waals surface area contributed by atoms with Gasteiger partial charge in [0.15, 0.2) is 0 Å². The lowest BCUT2D eigenvalue weighted by Crippen LogP contribution is -2.45. The van der Waals surface area contributed by atoms with Crippen molar-refractivity contribution in [3.8, 4) is 6.07 Å². The maximum absolute atomic E-state index is 8.83. The zero-order valence-corrected chi connectivity index (χ0v) is 13.9. The van der Waals surface area contributed by atoms with Crippen LogP contribution in [0.3, 0.4) is 0 Å². The summed E-state index contributed by atoms with van der Waals surface area (Å²) in [5.41, 5.74) is 2.00. The number of piperazine rings is 1. The van der Waals surface area contributed by atoms with Crippen LogP contribution in [0, 0.1) is 11.3 Å². The number of benzene rings is 1. The lowest BCUT2D eigenvalue weighted by molar-refractivity contribution is 0.123. The Hall–Kier alpha value is -1.38. The molecule has 0 unspecified atom stereocenters. The second-order valence-electron chi connectivity index (χ2n) is 5.57. The SMILES string of the molecule is N#Cc1ccc(CN2CCN(Cc3ccc(Cl)s3)CC2)cc1. The van der Waals surface area contributed by atoms with Gasteiger partial charge >= 0.3 is 0 Å². The van der Waals surface area contributed by atoms with Gasteiger partial charge in [-0.25, -0.2) is 0 Å². The highest BCUT2D eigenvalue weighted by Crippen LogP contribution is 2.23. The summed E-state index contributed by atoms with van der Waals surface area (Å²) in [5, 5.41) is 8.83. The molecule has 0 bridgehead atoms. The second-order valence-corrected chi connectivity index (χ2v) is 7.37. The van der Waals surface area contributed by atoms with E-state index in [4.69, 9.17) is 16.9 Å². The first-order valence-electron chi connectivity index (χ1n) is 7.41. The van der Waals surface area contributed by atoms with E-state index in [0.29, 0.717) is 0 Å². The molecule has 2 aromatic rings. The number of halogens is 1. The van der Waals surface area contributed by atoms with Crippen LogP contribution < -0.4 is 0 Å². The third-order valence-corrected chi connectivity index (χ3v) is 5.18. The number of thiophene rings is 1. The summed E-state index contributed by atoms with van der Waals surface area (Å²) < 4.78 is 0.870. The van der Waals surface area contributed by atoms with Gasteiger partial charge in [0.2, 0.25) is 0 Å². The Kier molecular flexibility index (Phi) is 5.12. The minimum absolute atomic E-state index is 0.725. The zero-order chi connectivity index (χ0) is 15.4. The largest absolute Gasteiger partial charge is 0.297 e. The Balaban J connectivity index is 1.48. The van der Waals surface area contributed by atoms with Gasteiger partial charge < -0.3 is 0 Å². The molecule has 0 spiro atoms. The van der Waals surface area contributed by atoms with Gasteiger partial charge in [0.05, 0.1) is 16.0 Å². The number of hydrogen-bond acceptors (Lipinski definition) is 4. The highest BCUT2D eigenvalue weighted by Gasteiger charge is 2.17. The second kappa shape index (κ2) is 7.26. The molecule has 0 radical (unpaired) electrons. The van der Waals surface area contributed by atoms with Crippen LogP contribution in [0.25, 0.3) is 0 Å². The van der Waals surface area contributed by atoms with Gasteiger partial charge in [0, 0.05) is 44.1 Å². The van der Waals surface area contributed by atoms with Crippen molar-refractivity contribution >= 4 is 22.9 Å². The molecule has 114 valence electrons. The van der Waals surface area contributed by atoms with E-state index in [2.05, 4.69) is 34.1 Å². The zero-order valence-electron chi connectivity index (χ0n) is 12.3. The maximum atomic E-state index is 8.83. The van der Waals surface area contributed by atoms with Gasteiger partial charge in [-0.05, 0) is 29.8 Å². The minimum atomic E-state index is 0.725. The lowest BCUT2D eigenvalue weighted by atomic mass is 10.1. The first-order chi connectivity index (χ1) is 10.7. The summed E-state index contributed by atoms with van der Waals surface area (Å²) in [6.07, 6.45) is 0. The topological polar surface area (TPSA) is 30.3 Å². The predicted molar refractivity (Wildman–Crippen MR) is 91.0 cm³/mol. The van der Waals surface area contributed by atoms with Crippen LogP contribution >= 0.6 is 22.9 Å². The number of nitrogens with zero attached hydrogens (tertiary/aromatic N) is 3. The smallest absolute Gasteiger partial charge is 0.0991 e. The van der Waals surface area contributed by atoms with Crippen LogP contribution in [0.5, 0.6) is 0 Å². The summed E-state index contributed by atoms with van der Waals surface area (Å²) in [6.45, 7) is 6.31. The molecule has 0 aliphatic carbocycles. The van der Waals surface area contributed by atoms with Crippen molar-refractivity contribution in [2.75, 3.05) is 26.2 Å². The molecule has 1 aliphatic rings. The third-order valence-electron chi connectivity index (χ3n) is 3.96. The highest BCUT2D eigenvalue weighted by atomic mass is 35.5. The van der Waals surface area contributed by atoms with Crippen LogP contribution in [-0.2, 0) is 13.1 Å². The molecule has 22 heavy (non-hydrogen) atoms. The molecule has 1 aromatic heterocycles. The fourth-order valence-corrected chi connectivity index (χ4v) is 3.84. The Morgan fingerprint density at radius 2 is 1.59 bits per heavy atom. The molecule has 5 heteroatoms. The normalized spacial score (nSPS) is 16.5. The van der Waals surface area contributed by atoms with E-state index in [9.17, 15) is 0 Å². The summed E-state index contributed by atoms with van der Waals surface area (Å²) in [6, 6.07) is 14.2. The number of rotatable bonds is 4. The van der Waals surface area contributed by atoms with Crippen LogP contribution in [0.4, 0.5) is 0 Å². The van der Waals surface area contributed by atoms with Crippen LogP contribution in [0.15, 0.2) is 36.4 Å². The van der Waals surface area contributed by atoms with Crippen molar-refractivity contribution in [2.24, 2.45) is 0 Å². The molecular formula is C17H18ClN3S. The predicted octanol–water partition coefficient (Wildman–Crippen LogP) is 3.59. The standard InChI is InChI=1S/C17H18ClN3S/c18-17-6-5-16(22-17)13-21-9-7-20(8-10-21)12-15-3-1-14(11-19)2-4-15/h1-6H,7-10,12-13H2. The van der Waals surface area contributed by atoms with Gasteiger partial charge in [-0.15, -0.1) is 11.3 Å². The number of hydrogen-bond donors (Lipinski definition) is 0. The first-order valence-corrected chi connectivity index (χ1v) is 8.60. The molecule has 3 rings (SSSR count). The van der Waals surface area contributed by atoms with Crippen molar-refractivity contribution in [1.82, 2.24) is 9.80 Å². The van der Waals surface area contributed by atoms with E-state index in [1.807, 2.05) is 18.2 Å². The molecule has 1 aliphatic heterocycles. The third kappa shape index (κ3) is 4.08. The molecular weight excluding hydrogens is 314 g/mol. The van der Waals surface area contributed by atoms with Crippen molar-refractivity contribution < 1.29 is 0 Å². The molecule has 1 aromatic carbocycles. The Morgan fingerprint density at radius 3 is 2.14 bits per heavy atom. The first kappa shape index (κ1) is 15.5. The maximum Gasteiger partial charge on any atom is 0.0991 e. The fourth-order valence-electron chi connectivity index (χ4n) is 2.71. The summed E-state index contributed by atoms with van der Waals surface area (Å²) in [4.78, 5) is 6.29. The van der Waals surface area contributed by atoms with Crippen molar-refractivity contribution in [2.45, 2.75) is 13.1 Å².